The summed E-state index contributed by atoms with van der Waals surface area (Å²) in [4.78, 5) is 14.1. The van der Waals surface area contributed by atoms with Crippen LogP contribution >= 0.6 is 15.9 Å². The third kappa shape index (κ3) is 4.60. The summed E-state index contributed by atoms with van der Waals surface area (Å²) in [6.07, 6.45) is 0. The Morgan fingerprint density at radius 2 is 2.00 bits per heavy atom. The molecule has 1 N–H and O–H groups in total. The molecule has 0 radical (unpaired) electrons. The van der Waals surface area contributed by atoms with Crippen molar-refractivity contribution in [3.05, 3.63) is 34.3 Å². The maximum atomic E-state index is 12.0. The number of amides is 1. The number of benzene rings is 1. The van der Waals surface area contributed by atoms with Crippen molar-refractivity contribution >= 4 is 21.8 Å². The average molecular weight is 327 g/mol. The quantitative estimate of drug-likeness (QED) is 0.919. The van der Waals surface area contributed by atoms with Crippen LogP contribution < -0.4 is 5.32 Å². The number of morpholine rings is 1. The van der Waals surface area contributed by atoms with Crippen LogP contribution in [-0.4, -0.2) is 43.7 Å². The standard InChI is InChI=1S/C14H19BrN2O2/c1-11(12-2-4-13(15)5-3-12)16-14(18)10-17-6-8-19-9-7-17/h2-5,11H,6-10H2,1H3,(H,16,18)/t11-/m1/s1. The zero-order valence-corrected chi connectivity index (χ0v) is 12.6. The molecule has 0 aromatic heterocycles. The van der Waals surface area contributed by atoms with Gasteiger partial charge < -0.3 is 10.1 Å². The summed E-state index contributed by atoms with van der Waals surface area (Å²) in [6.45, 7) is 5.55. The second-order valence-corrected chi connectivity index (χ2v) is 5.64. The highest BCUT2D eigenvalue weighted by Crippen LogP contribution is 2.16. The molecule has 1 fully saturated rings. The molecule has 0 saturated carbocycles. The molecule has 104 valence electrons. The van der Waals surface area contributed by atoms with E-state index in [0.29, 0.717) is 6.54 Å². The summed E-state index contributed by atoms with van der Waals surface area (Å²) >= 11 is 3.41. The molecule has 1 atom stereocenters. The van der Waals surface area contributed by atoms with Crippen LogP contribution in [0.25, 0.3) is 0 Å². The van der Waals surface area contributed by atoms with Gasteiger partial charge in [-0.15, -0.1) is 0 Å². The van der Waals surface area contributed by atoms with Crippen molar-refractivity contribution in [3.63, 3.8) is 0 Å². The van der Waals surface area contributed by atoms with Crippen LogP contribution in [0.5, 0.6) is 0 Å². The lowest BCUT2D eigenvalue weighted by atomic mass is 10.1. The van der Waals surface area contributed by atoms with Gasteiger partial charge in [-0.25, -0.2) is 0 Å². The van der Waals surface area contributed by atoms with Gasteiger partial charge >= 0.3 is 0 Å². The summed E-state index contributed by atoms with van der Waals surface area (Å²) in [7, 11) is 0. The first-order valence-electron chi connectivity index (χ1n) is 6.50. The molecule has 0 aliphatic carbocycles. The molecular formula is C14H19BrN2O2. The van der Waals surface area contributed by atoms with Gasteiger partial charge in [0, 0.05) is 17.6 Å². The highest BCUT2D eigenvalue weighted by Gasteiger charge is 2.15. The molecule has 1 heterocycles. The third-order valence-corrected chi connectivity index (χ3v) is 3.75. The minimum absolute atomic E-state index is 0.0293. The van der Waals surface area contributed by atoms with Gasteiger partial charge in [-0.05, 0) is 24.6 Å². The Hall–Kier alpha value is -0.910. The Kier molecular flexibility index (Phi) is 5.36. The number of halogens is 1. The largest absolute Gasteiger partial charge is 0.379 e. The number of carbonyl (C=O) groups is 1. The van der Waals surface area contributed by atoms with Crippen LogP contribution in [0.4, 0.5) is 0 Å². The summed E-state index contributed by atoms with van der Waals surface area (Å²) < 4.78 is 6.31. The normalized spacial score (nSPS) is 18.0. The van der Waals surface area contributed by atoms with E-state index in [-0.39, 0.29) is 11.9 Å². The Morgan fingerprint density at radius 1 is 1.37 bits per heavy atom. The lowest BCUT2D eigenvalue weighted by Crippen LogP contribution is -2.43. The van der Waals surface area contributed by atoms with E-state index in [9.17, 15) is 4.79 Å². The van der Waals surface area contributed by atoms with E-state index < -0.39 is 0 Å². The minimum atomic E-state index is 0.0293. The number of carbonyl (C=O) groups excluding carboxylic acids is 1. The molecule has 5 heteroatoms. The van der Waals surface area contributed by atoms with Gasteiger partial charge in [0.1, 0.15) is 0 Å². The molecule has 1 aromatic carbocycles. The molecule has 1 aliphatic rings. The van der Waals surface area contributed by atoms with E-state index in [2.05, 4.69) is 26.1 Å². The Bertz CT molecular complexity index is 416. The summed E-state index contributed by atoms with van der Waals surface area (Å²) in [5, 5.41) is 3.03. The second-order valence-electron chi connectivity index (χ2n) is 4.73. The van der Waals surface area contributed by atoms with E-state index in [1.165, 1.54) is 0 Å². The molecular weight excluding hydrogens is 308 g/mol. The van der Waals surface area contributed by atoms with Crippen molar-refractivity contribution in [1.29, 1.82) is 0 Å². The highest BCUT2D eigenvalue weighted by atomic mass is 79.9. The predicted molar refractivity (Wildman–Crippen MR) is 78.0 cm³/mol. The van der Waals surface area contributed by atoms with E-state index in [4.69, 9.17) is 4.74 Å². The number of rotatable bonds is 4. The van der Waals surface area contributed by atoms with Crippen molar-refractivity contribution in [2.24, 2.45) is 0 Å². The molecule has 1 aliphatic heterocycles. The first-order chi connectivity index (χ1) is 9.15. The fourth-order valence-corrected chi connectivity index (χ4v) is 2.35. The molecule has 0 spiro atoms. The van der Waals surface area contributed by atoms with Gasteiger partial charge in [-0.3, -0.25) is 9.69 Å². The zero-order valence-electron chi connectivity index (χ0n) is 11.1. The Morgan fingerprint density at radius 3 is 2.63 bits per heavy atom. The van der Waals surface area contributed by atoms with Crippen molar-refractivity contribution < 1.29 is 9.53 Å². The van der Waals surface area contributed by atoms with Gasteiger partial charge in [0.25, 0.3) is 0 Å². The van der Waals surface area contributed by atoms with Crippen molar-refractivity contribution in [1.82, 2.24) is 10.2 Å². The molecule has 4 nitrogen and oxygen atoms in total. The molecule has 2 rings (SSSR count). The molecule has 19 heavy (non-hydrogen) atoms. The second kappa shape index (κ2) is 7.03. The molecule has 0 bridgehead atoms. The summed E-state index contributed by atoms with van der Waals surface area (Å²) in [5.74, 6) is 0.0670. The first kappa shape index (κ1) is 14.5. The number of nitrogens with one attached hydrogen (secondary N) is 1. The number of hydrogen-bond donors (Lipinski definition) is 1. The fourth-order valence-electron chi connectivity index (χ4n) is 2.08. The van der Waals surface area contributed by atoms with E-state index >= 15 is 0 Å². The predicted octanol–water partition coefficient (Wildman–Crippen LogP) is 1.96. The van der Waals surface area contributed by atoms with Crippen LogP contribution in [0.1, 0.15) is 18.5 Å². The van der Waals surface area contributed by atoms with E-state index in [0.717, 1.165) is 36.3 Å². The van der Waals surface area contributed by atoms with E-state index in [1.807, 2.05) is 31.2 Å². The first-order valence-corrected chi connectivity index (χ1v) is 7.29. The fraction of sp³-hybridized carbons (Fsp3) is 0.500. The van der Waals surface area contributed by atoms with Crippen LogP contribution in [-0.2, 0) is 9.53 Å². The smallest absolute Gasteiger partial charge is 0.234 e. The maximum absolute atomic E-state index is 12.0. The van der Waals surface area contributed by atoms with Crippen molar-refractivity contribution in [2.45, 2.75) is 13.0 Å². The lowest BCUT2D eigenvalue weighted by Gasteiger charge is -2.26. The van der Waals surface area contributed by atoms with Gasteiger partial charge in [0.15, 0.2) is 0 Å². The van der Waals surface area contributed by atoms with Gasteiger partial charge in [0.2, 0.25) is 5.91 Å². The van der Waals surface area contributed by atoms with Gasteiger partial charge in [0.05, 0.1) is 25.8 Å². The van der Waals surface area contributed by atoms with Gasteiger partial charge in [-0.2, -0.15) is 0 Å². The highest BCUT2D eigenvalue weighted by molar-refractivity contribution is 9.10. The number of ether oxygens (including phenoxy) is 1. The van der Waals surface area contributed by atoms with Crippen molar-refractivity contribution in [2.75, 3.05) is 32.8 Å². The molecule has 1 amide bonds. The number of nitrogens with zero attached hydrogens (tertiary/aromatic N) is 1. The Balaban J connectivity index is 1.82. The average Bonchev–Trinajstić information content (AvgIpc) is 2.40. The van der Waals surface area contributed by atoms with Crippen LogP contribution in [0.15, 0.2) is 28.7 Å². The topological polar surface area (TPSA) is 41.6 Å². The molecule has 1 aromatic rings. The van der Waals surface area contributed by atoms with Crippen LogP contribution in [0, 0.1) is 0 Å². The molecule has 0 unspecified atom stereocenters. The maximum Gasteiger partial charge on any atom is 0.234 e. The van der Waals surface area contributed by atoms with Crippen LogP contribution in [0.2, 0.25) is 0 Å². The van der Waals surface area contributed by atoms with Gasteiger partial charge in [-0.1, -0.05) is 28.1 Å². The SMILES string of the molecule is C[C@@H](NC(=O)CN1CCOCC1)c1ccc(Br)cc1. The van der Waals surface area contributed by atoms with Crippen molar-refractivity contribution in [3.8, 4) is 0 Å². The molecule has 1 saturated heterocycles. The lowest BCUT2D eigenvalue weighted by molar-refractivity contribution is -0.123. The minimum Gasteiger partial charge on any atom is -0.379 e. The zero-order chi connectivity index (χ0) is 13.7. The monoisotopic (exact) mass is 326 g/mol. The van der Waals surface area contributed by atoms with E-state index in [1.54, 1.807) is 0 Å². The van der Waals surface area contributed by atoms with Crippen LogP contribution in [0.3, 0.4) is 0 Å². The third-order valence-electron chi connectivity index (χ3n) is 3.22. The summed E-state index contributed by atoms with van der Waals surface area (Å²) in [6, 6.07) is 8.04. The number of hydrogen-bond acceptors (Lipinski definition) is 3. The summed E-state index contributed by atoms with van der Waals surface area (Å²) in [5.41, 5.74) is 1.11. The Labute approximate surface area is 122 Å².